The molecule has 1 heterocycles. The van der Waals surface area contributed by atoms with E-state index >= 15 is 0 Å². The Labute approximate surface area is 66.7 Å². The first-order valence-electron chi connectivity index (χ1n) is 3.78. The zero-order valence-electron chi connectivity index (χ0n) is 6.95. The topological polar surface area (TPSA) is 44.8 Å². The van der Waals surface area contributed by atoms with Crippen molar-refractivity contribution >= 4 is 0 Å². The lowest BCUT2D eigenvalue weighted by Crippen LogP contribution is -2.38. The second-order valence-electron chi connectivity index (χ2n) is 2.77. The van der Waals surface area contributed by atoms with Gasteiger partial charge in [-0.15, -0.1) is 0 Å². The van der Waals surface area contributed by atoms with Crippen molar-refractivity contribution in [2.45, 2.75) is 25.2 Å². The van der Waals surface area contributed by atoms with Gasteiger partial charge in [-0.3, -0.25) is 0 Å². The molecule has 0 N–H and O–H groups in total. The summed E-state index contributed by atoms with van der Waals surface area (Å²) < 4.78 is 10.3. The van der Waals surface area contributed by atoms with Crippen LogP contribution in [0.25, 0.3) is 0 Å². The van der Waals surface area contributed by atoms with Gasteiger partial charge in [0.05, 0.1) is 18.9 Å². The fourth-order valence-corrected chi connectivity index (χ4v) is 1.19. The molecular weight excluding hydrogens is 146 g/mol. The monoisotopic (exact) mass is 160 g/mol. The average Bonchev–Trinajstić information content (AvgIpc) is 2.05. The molecule has 0 spiro atoms. The fraction of sp³-hybridized carbons (Fsp3) is 1.00. The summed E-state index contributed by atoms with van der Waals surface area (Å²) in [5, 5.41) is 11.6. The minimum atomic E-state index is -0.263. The minimum Gasteiger partial charge on any atom is -0.784 e. The summed E-state index contributed by atoms with van der Waals surface area (Å²) in [6.45, 7) is 0.535. The predicted molar refractivity (Wildman–Crippen MR) is 40.9 cm³/mol. The SMILES string of the molecule is COC1CCC(N(C)[O-])OC1. The van der Waals surface area contributed by atoms with Crippen molar-refractivity contribution in [2.24, 2.45) is 0 Å². The van der Waals surface area contributed by atoms with Gasteiger partial charge < -0.3 is 19.7 Å². The lowest BCUT2D eigenvalue weighted by Gasteiger charge is -2.37. The summed E-state index contributed by atoms with van der Waals surface area (Å²) >= 11 is 0. The summed E-state index contributed by atoms with van der Waals surface area (Å²) in [6.07, 6.45) is 1.58. The largest absolute Gasteiger partial charge is 0.784 e. The standard InChI is InChI=1S/C7H14NO3/c1-8(9)7-4-3-6(10-2)5-11-7/h6-7H,3-5H2,1-2H3/q-1. The molecule has 0 aromatic heterocycles. The number of methoxy groups -OCH3 is 1. The van der Waals surface area contributed by atoms with Crippen LogP contribution in [0.5, 0.6) is 0 Å². The van der Waals surface area contributed by atoms with Crippen molar-refractivity contribution in [1.82, 2.24) is 5.06 Å². The molecule has 0 bridgehead atoms. The van der Waals surface area contributed by atoms with Crippen molar-refractivity contribution in [3.05, 3.63) is 5.21 Å². The first kappa shape index (κ1) is 8.93. The quantitative estimate of drug-likeness (QED) is 0.554. The highest BCUT2D eigenvalue weighted by molar-refractivity contribution is 4.69. The molecule has 1 aliphatic heterocycles. The van der Waals surface area contributed by atoms with Crippen LogP contribution in [-0.4, -0.2) is 38.2 Å². The highest BCUT2D eigenvalue weighted by Crippen LogP contribution is 2.16. The normalized spacial score (nSPS) is 32.7. The van der Waals surface area contributed by atoms with Crippen LogP contribution in [0.1, 0.15) is 12.8 Å². The van der Waals surface area contributed by atoms with Crippen molar-refractivity contribution in [3.63, 3.8) is 0 Å². The van der Waals surface area contributed by atoms with Gasteiger partial charge in [0.15, 0.2) is 0 Å². The van der Waals surface area contributed by atoms with E-state index in [1.165, 1.54) is 7.05 Å². The summed E-state index contributed by atoms with van der Waals surface area (Å²) in [7, 11) is 3.15. The number of hydrogen-bond acceptors (Lipinski definition) is 4. The highest BCUT2D eigenvalue weighted by Gasteiger charge is 2.20. The fourth-order valence-electron chi connectivity index (χ4n) is 1.19. The van der Waals surface area contributed by atoms with Crippen molar-refractivity contribution in [1.29, 1.82) is 0 Å². The Bertz CT molecular complexity index is 110. The van der Waals surface area contributed by atoms with Crippen molar-refractivity contribution in [2.75, 3.05) is 20.8 Å². The third-order valence-electron chi connectivity index (χ3n) is 1.95. The van der Waals surface area contributed by atoms with Gasteiger partial charge in [0.25, 0.3) is 0 Å². The zero-order chi connectivity index (χ0) is 8.27. The second kappa shape index (κ2) is 4.01. The average molecular weight is 160 g/mol. The van der Waals surface area contributed by atoms with Crippen molar-refractivity contribution in [3.8, 4) is 0 Å². The third-order valence-corrected chi connectivity index (χ3v) is 1.95. The molecule has 0 aliphatic carbocycles. The first-order valence-corrected chi connectivity index (χ1v) is 3.78. The van der Waals surface area contributed by atoms with Crippen LogP contribution in [0.2, 0.25) is 0 Å². The van der Waals surface area contributed by atoms with Crippen LogP contribution in [0.4, 0.5) is 0 Å². The van der Waals surface area contributed by atoms with E-state index in [9.17, 15) is 5.21 Å². The van der Waals surface area contributed by atoms with Gasteiger partial charge in [-0.05, 0) is 19.9 Å². The van der Waals surface area contributed by atoms with Crippen LogP contribution in [0, 0.1) is 5.21 Å². The maximum absolute atomic E-state index is 10.7. The Kier molecular flexibility index (Phi) is 3.26. The summed E-state index contributed by atoms with van der Waals surface area (Å²) in [5.41, 5.74) is 0. The Hall–Kier alpha value is -0.160. The Morgan fingerprint density at radius 3 is 2.64 bits per heavy atom. The predicted octanol–water partition coefficient (Wildman–Crippen LogP) is 0.568. The van der Waals surface area contributed by atoms with Gasteiger partial charge >= 0.3 is 0 Å². The van der Waals surface area contributed by atoms with Gasteiger partial charge in [-0.25, -0.2) is 0 Å². The molecule has 1 aliphatic rings. The van der Waals surface area contributed by atoms with Crippen LogP contribution >= 0.6 is 0 Å². The van der Waals surface area contributed by atoms with Gasteiger partial charge in [0.1, 0.15) is 0 Å². The molecule has 2 unspecified atom stereocenters. The zero-order valence-corrected chi connectivity index (χ0v) is 6.95. The van der Waals surface area contributed by atoms with Gasteiger partial charge in [0, 0.05) is 7.11 Å². The van der Waals surface area contributed by atoms with E-state index in [2.05, 4.69) is 0 Å². The summed E-state index contributed by atoms with van der Waals surface area (Å²) in [5.74, 6) is 0. The Morgan fingerprint density at radius 1 is 1.55 bits per heavy atom. The van der Waals surface area contributed by atoms with Crippen LogP contribution in [0.15, 0.2) is 0 Å². The molecule has 1 rings (SSSR count). The second-order valence-corrected chi connectivity index (χ2v) is 2.77. The highest BCUT2D eigenvalue weighted by atomic mass is 16.6. The minimum absolute atomic E-state index is 0.172. The van der Waals surface area contributed by atoms with Gasteiger partial charge in [-0.2, -0.15) is 0 Å². The number of ether oxygens (including phenoxy) is 2. The van der Waals surface area contributed by atoms with Gasteiger partial charge in [-0.1, -0.05) is 0 Å². The molecule has 0 saturated carbocycles. The van der Waals surface area contributed by atoms with E-state index < -0.39 is 0 Å². The van der Waals surface area contributed by atoms with Gasteiger partial charge in [0.2, 0.25) is 0 Å². The molecule has 66 valence electrons. The first-order chi connectivity index (χ1) is 5.24. The van der Waals surface area contributed by atoms with E-state index in [1.54, 1.807) is 7.11 Å². The lowest BCUT2D eigenvalue weighted by atomic mass is 10.1. The molecule has 4 heteroatoms. The number of nitrogens with zero attached hydrogens (tertiary/aromatic N) is 1. The number of hydrogen-bond donors (Lipinski definition) is 0. The van der Waals surface area contributed by atoms with E-state index in [0.29, 0.717) is 6.61 Å². The molecule has 0 radical (unpaired) electrons. The number of hydroxylamine groups is 2. The molecular formula is C7H14NO3-. The summed E-state index contributed by atoms with van der Waals surface area (Å²) in [6, 6.07) is 0. The summed E-state index contributed by atoms with van der Waals surface area (Å²) in [4.78, 5) is 0. The maximum Gasteiger partial charge on any atom is 0.0989 e. The molecule has 4 nitrogen and oxygen atoms in total. The maximum atomic E-state index is 10.7. The van der Waals surface area contributed by atoms with E-state index in [1.807, 2.05) is 0 Å². The van der Waals surface area contributed by atoms with E-state index in [-0.39, 0.29) is 12.3 Å². The van der Waals surface area contributed by atoms with Crippen LogP contribution in [-0.2, 0) is 9.47 Å². The van der Waals surface area contributed by atoms with Crippen LogP contribution < -0.4 is 0 Å². The Morgan fingerprint density at radius 2 is 2.27 bits per heavy atom. The molecule has 0 aromatic carbocycles. The molecule has 0 aromatic rings. The molecule has 0 amide bonds. The van der Waals surface area contributed by atoms with Crippen molar-refractivity contribution < 1.29 is 9.47 Å². The molecule has 1 fully saturated rings. The Balaban J connectivity index is 2.24. The van der Waals surface area contributed by atoms with Crippen LogP contribution in [0.3, 0.4) is 0 Å². The lowest BCUT2D eigenvalue weighted by molar-refractivity contribution is -0.113. The van der Waals surface area contributed by atoms with E-state index in [4.69, 9.17) is 9.47 Å². The third kappa shape index (κ3) is 2.41. The number of rotatable bonds is 2. The molecule has 11 heavy (non-hydrogen) atoms. The molecule has 2 atom stereocenters. The molecule has 1 saturated heterocycles. The van der Waals surface area contributed by atoms with E-state index in [0.717, 1.165) is 17.9 Å². The smallest absolute Gasteiger partial charge is 0.0989 e.